The normalized spacial score (nSPS) is 10.1. The molecule has 0 saturated carbocycles. The molecule has 2 rings (SSSR count). The fraction of sp³-hybridized carbons (Fsp3) is 0.222. The quantitative estimate of drug-likeness (QED) is 0.765. The predicted molar refractivity (Wildman–Crippen MR) is 91.6 cm³/mol. The number of nitrogens with one attached hydrogen (secondary N) is 2. The van der Waals surface area contributed by atoms with Crippen LogP contribution in [-0.4, -0.2) is 39.2 Å². The van der Waals surface area contributed by atoms with Crippen molar-refractivity contribution in [2.24, 2.45) is 0 Å². The number of hydrogen-bond donors (Lipinski definition) is 2. The van der Waals surface area contributed by atoms with Crippen molar-refractivity contribution in [3.05, 3.63) is 59.7 Å². The molecule has 2 aromatic rings. The molecule has 0 atom stereocenters. The van der Waals surface area contributed by atoms with Crippen molar-refractivity contribution in [2.75, 3.05) is 32.7 Å². The van der Waals surface area contributed by atoms with Crippen molar-refractivity contribution >= 4 is 17.5 Å². The molecule has 0 aliphatic carbocycles. The van der Waals surface area contributed by atoms with Crippen molar-refractivity contribution in [1.29, 1.82) is 0 Å². The van der Waals surface area contributed by atoms with Crippen LogP contribution in [0.4, 0.5) is 5.69 Å². The highest BCUT2D eigenvalue weighted by Gasteiger charge is 2.13. The second-order valence-electron chi connectivity index (χ2n) is 4.94. The molecular formula is C18H20N2O4. The van der Waals surface area contributed by atoms with E-state index in [4.69, 9.17) is 9.47 Å². The average Bonchev–Trinajstić information content (AvgIpc) is 2.62. The van der Waals surface area contributed by atoms with Gasteiger partial charge in [0.2, 0.25) is 0 Å². The number of ether oxygens (including phenoxy) is 2. The molecule has 2 N–H and O–H groups in total. The maximum absolute atomic E-state index is 12.3. The Labute approximate surface area is 140 Å². The maximum atomic E-state index is 12.3. The molecule has 0 saturated heterocycles. The molecule has 6 heteroatoms. The first-order valence-corrected chi connectivity index (χ1v) is 7.50. The van der Waals surface area contributed by atoms with Crippen LogP contribution in [0, 0.1) is 0 Å². The van der Waals surface area contributed by atoms with E-state index in [0.717, 1.165) is 0 Å². The SMILES string of the molecule is CNC(=O)c1ccccc1NC(=O)c1ccc(OCCOC)cc1. The zero-order chi connectivity index (χ0) is 17.4. The van der Waals surface area contributed by atoms with E-state index in [1.54, 1.807) is 62.7 Å². The van der Waals surface area contributed by atoms with Crippen LogP contribution in [0.15, 0.2) is 48.5 Å². The minimum atomic E-state index is -0.296. The Morgan fingerprint density at radius 1 is 0.958 bits per heavy atom. The lowest BCUT2D eigenvalue weighted by molar-refractivity contribution is 0.0964. The Kier molecular flexibility index (Phi) is 6.33. The molecule has 0 aromatic heterocycles. The lowest BCUT2D eigenvalue weighted by atomic mass is 10.1. The Bertz CT molecular complexity index is 698. The number of methoxy groups -OCH3 is 1. The number of carbonyl (C=O) groups excluding carboxylic acids is 2. The van der Waals surface area contributed by atoms with Crippen LogP contribution in [-0.2, 0) is 4.74 Å². The molecule has 2 aromatic carbocycles. The van der Waals surface area contributed by atoms with Crippen LogP contribution < -0.4 is 15.4 Å². The van der Waals surface area contributed by atoms with Crippen molar-refractivity contribution in [3.63, 3.8) is 0 Å². The molecule has 2 amide bonds. The third-order valence-corrected chi connectivity index (χ3v) is 3.32. The van der Waals surface area contributed by atoms with Gasteiger partial charge in [-0.2, -0.15) is 0 Å². The molecule has 0 radical (unpaired) electrons. The van der Waals surface area contributed by atoms with Gasteiger partial charge in [0, 0.05) is 19.7 Å². The zero-order valence-electron chi connectivity index (χ0n) is 13.7. The van der Waals surface area contributed by atoms with Crippen LogP contribution in [0.1, 0.15) is 20.7 Å². The summed E-state index contributed by atoms with van der Waals surface area (Å²) in [5.41, 5.74) is 1.34. The van der Waals surface area contributed by atoms with E-state index in [2.05, 4.69) is 10.6 Å². The number of hydrogen-bond acceptors (Lipinski definition) is 4. The topological polar surface area (TPSA) is 76.7 Å². The fourth-order valence-corrected chi connectivity index (χ4v) is 2.06. The van der Waals surface area contributed by atoms with E-state index in [1.165, 1.54) is 0 Å². The van der Waals surface area contributed by atoms with Gasteiger partial charge in [-0.15, -0.1) is 0 Å². The van der Waals surface area contributed by atoms with Crippen molar-refractivity contribution in [3.8, 4) is 5.75 Å². The van der Waals surface area contributed by atoms with Gasteiger partial charge in [0.1, 0.15) is 12.4 Å². The van der Waals surface area contributed by atoms with Gasteiger partial charge < -0.3 is 20.1 Å². The number of benzene rings is 2. The molecule has 6 nitrogen and oxygen atoms in total. The second-order valence-corrected chi connectivity index (χ2v) is 4.94. The average molecular weight is 328 g/mol. The summed E-state index contributed by atoms with van der Waals surface area (Å²) in [6, 6.07) is 13.6. The summed E-state index contributed by atoms with van der Waals surface area (Å²) in [6.45, 7) is 0.945. The smallest absolute Gasteiger partial charge is 0.255 e. The molecule has 0 spiro atoms. The first-order chi connectivity index (χ1) is 11.7. The Hall–Kier alpha value is -2.86. The number of rotatable bonds is 7. The number of para-hydroxylation sites is 1. The highest BCUT2D eigenvalue weighted by Crippen LogP contribution is 2.17. The third-order valence-electron chi connectivity index (χ3n) is 3.32. The Balaban J connectivity index is 2.06. The van der Waals surface area contributed by atoms with Crippen molar-refractivity contribution < 1.29 is 19.1 Å². The minimum Gasteiger partial charge on any atom is -0.491 e. The molecule has 0 fully saturated rings. The van der Waals surface area contributed by atoms with E-state index < -0.39 is 0 Å². The van der Waals surface area contributed by atoms with Crippen LogP contribution in [0.3, 0.4) is 0 Å². The van der Waals surface area contributed by atoms with E-state index in [1.807, 2.05) is 0 Å². The van der Waals surface area contributed by atoms with Crippen LogP contribution in [0.5, 0.6) is 5.75 Å². The molecule has 0 unspecified atom stereocenters. The zero-order valence-corrected chi connectivity index (χ0v) is 13.7. The summed E-state index contributed by atoms with van der Waals surface area (Å²) in [5.74, 6) is 0.108. The summed E-state index contributed by atoms with van der Waals surface area (Å²) >= 11 is 0. The van der Waals surface area contributed by atoms with E-state index >= 15 is 0 Å². The molecule has 0 heterocycles. The highest BCUT2D eigenvalue weighted by molar-refractivity contribution is 6.08. The summed E-state index contributed by atoms with van der Waals surface area (Å²) < 4.78 is 10.4. The standard InChI is InChI=1S/C18H20N2O4/c1-19-18(22)15-5-3-4-6-16(15)20-17(21)13-7-9-14(10-8-13)24-12-11-23-2/h3-10H,11-12H2,1-2H3,(H,19,22)(H,20,21). The van der Waals surface area contributed by atoms with Gasteiger partial charge in [-0.1, -0.05) is 12.1 Å². The third kappa shape index (κ3) is 4.57. The molecule has 24 heavy (non-hydrogen) atoms. The number of carbonyl (C=O) groups is 2. The Morgan fingerprint density at radius 3 is 2.33 bits per heavy atom. The van der Waals surface area contributed by atoms with Gasteiger partial charge in [-0.25, -0.2) is 0 Å². The summed E-state index contributed by atoms with van der Waals surface area (Å²) in [6.07, 6.45) is 0. The lowest BCUT2D eigenvalue weighted by Gasteiger charge is -2.10. The van der Waals surface area contributed by atoms with Crippen molar-refractivity contribution in [2.45, 2.75) is 0 Å². The molecule has 0 aliphatic rings. The van der Waals surface area contributed by atoms with E-state index in [-0.39, 0.29) is 11.8 Å². The molecule has 0 aliphatic heterocycles. The van der Waals surface area contributed by atoms with Crippen LogP contribution in [0.25, 0.3) is 0 Å². The van der Waals surface area contributed by atoms with Crippen molar-refractivity contribution in [1.82, 2.24) is 5.32 Å². The lowest BCUT2D eigenvalue weighted by Crippen LogP contribution is -2.21. The van der Waals surface area contributed by atoms with Gasteiger partial charge >= 0.3 is 0 Å². The van der Waals surface area contributed by atoms with E-state index in [0.29, 0.717) is 35.8 Å². The maximum Gasteiger partial charge on any atom is 0.255 e. The van der Waals surface area contributed by atoms with Crippen LogP contribution in [0.2, 0.25) is 0 Å². The largest absolute Gasteiger partial charge is 0.491 e. The molecular weight excluding hydrogens is 308 g/mol. The highest BCUT2D eigenvalue weighted by atomic mass is 16.5. The fourth-order valence-electron chi connectivity index (χ4n) is 2.06. The number of amides is 2. The molecule has 126 valence electrons. The first kappa shape index (κ1) is 17.5. The summed E-state index contributed by atoms with van der Waals surface area (Å²) in [7, 11) is 3.15. The predicted octanol–water partition coefficient (Wildman–Crippen LogP) is 2.32. The van der Waals surface area contributed by atoms with Gasteiger partial charge in [-0.05, 0) is 36.4 Å². The number of anilines is 1. The monoisotopic (exact) mass is 328 g/mol. The first-order valence-electron chi connectivity index (χ1n) is 7.50. The summed E-state index contributed by atoms with van der Waals surface area (Å²) in [5, 5.41) is 5.30. The van der Waals surface area contributed by atoms with E-state index in [9.17, 15) is 9.59 Å². The second kappa shape index (κ2) is 8.69. The van der Waals surface area contributed by atoms with Gasteiger partial charge in [0.25, 0.3) is 11.8 Å². The van der Waals surface area contributed by atoms with Gasteiger partial charge in [-0.3, -0.25) is 9.59 Å². The Morgan fingerprint density at radius 2 is 1.67 bits per heavy atom. The van der Waals surface area contributed by atoms with Gasteiger partial charge in [0.15, 0.2) is 0 Å². The van der Waals surface area contributed by atoms with Gasteiger partial charge in [0.05, 0.1) is 17.9 Å². The summed E-state index contributed by atoms with van der Waals surface area (Å²) in [4.78, 5) is 24.2. The molecule has 0 bridgehead atoms. The minimum absolute atomic E-state index is 0.257. The van der Waals surface area contributed by atoms with Crippen LogP contribution >= 0.6 is 0 Å².